The number of nitrogens with one attached hydrogen (secondary N) is 1. The molecule has 6 aromatic rings. The number of halogens is 1. The number of hydrogen-bond donors (Lipinski definition) is 1. The Kier molecular flexibility index (Phi) is 8.40. The molecule has 0 radical (unpaired) electrons. The molecule has 8 nitrogen and oxygen atoms in total. The molecule has 0 aliphatic carbocycles. The Morgan fingerprint density at radius 1 is 0.907 bits per heavy atom. The highest BCUT2D eigenvalue weighted by Gasteiger charge is 2.31. The van der Waals surface area contributed by atoms with Crippen LogP contribution in [-0.4, -0.2) is 35.1 Å². The Balaban J connectivity index is 1.51. The number of nitrogens with zero attached hydrogens (tertiary/aromatic N) is 6. The van der Waals surface area contributed by atoms with Crippen molar-refractivity contribution in [3.63, 3.8) is 0 Å². The molecule has 6 rings (SSSR count). The van der Waals surface area contributed by atoms with E-state index in [0.29, 0.717) is 36.0 Å². The summed E-state index contributed by atoms with van der Waals surface area (Å²) >= 11 is 6.68. The van der Waals surface area contributed by atoms with E-state index in [4.69, 9.17) is 11.6 Å². The van der Waals surface area contributed by atoms with E-state index in [2.05, 4.69) is 55.5 Å². The smallest absolute Gasteiger partial charge is 0.253 e. The molecule has 216 valence electrons. The van der Waals surface area contributed by atoms with Crippen LogP contribution >= 0.6 is 11.6 Å². The number of tetrazole rings is 1. The molecule has 0 saturated carbocycles. The average molecular weight is 590 g/mol. The maximum absolute atomic E-state index is 13.9. The van der Waals surface area contributed by atoms with Crippen molar-refractivity contribution in [2.24, 2.45) is 0 Å². The van der Waals surface area contributed by atoms with Crippen LogP contribution in [0.1, 0.15) is 45.2 Å². The molecule has 3 heterocycles. The molecule has 0 fully saturated rings. The molecule has 1 unspecified atom stereocenters. The van der Waals surface area contributed by atoms with Gasteiger partial charge in [0.05, 0.1) is 0 Å². The number of fused-ring (bicyclic) bond motifs is 1. The monoisotopic (exact) mass is 589 g/mol. The first-order valence-corrected chi connectivity index (χ1v) is 14.6. The minimum Gasteiger partial charge on any atom is -0.322 e. The molecule has 3 aromatic heterocycles. The third-order valence-electron chi connectivity index (χ3n) is 7.85. The molecule has 0 spiro atoms. The molecule has 0 amide bonds. The van der Waals surface area contributed by atoms with E-state index < -0.39 is 6.04 Å². The lowest BCUT2D eigenvalue weighted by Gasteiger charge is -2.31. The molecular weight excluding hydrogens is 558 g/mol. The summed E-state index contributed by atoms with van der Waals surface area (Å²) in [4.78, 5) is 23.6. The Labute approximate surface area is 255 Å². The van der Waals surface area contributed by atoms with Gasteiger partial charge in [-0.2, -0.15) is 0 Å². The van der Waals surface area contributed by atoms with Gasteiger partial charge in [0.2, 0.25) is 0 Å². The third kappa shape index (κ3) is 6.40. The fourth-order valence-electron chi connectivity index (χ4n) is 5.45. The predicted octanol–water partition coefficient (Wildman–Crippen LogP) is 6.21. The van der Waals surface area contributed by atoms with Crippen molar-refractivity contribution in [3.8, 4) is 0 Å². The lowest BCUT2D eigenvalue weighted by molar-refractivity contribution is 0.193. The quantitative estimate of drug-likeness (QED) is 0.204. The van der Waals surface area contributed by atoms with Crippen molar-refractivity contribution in [1.82, 2.24) is 35.1 Å². The number of aromatic amines is 1. The highest BCUT2D eigenvalue weighted by Crippen LogP contribution is 2.32. The van der Waals surface area contributed by atoms with Crippen LogP contribution in [0, 0.1) is 13.8 Å². The maximum atomic E-state index is 13.9. The standard InChI is InChI=1S/C34H32ClN7O/c1-23-17-28-19-29(34(43)37-31(28)18-24(23)2)32(33-38-39-40-42(33)16-14-25-9-4-3-5-10-25)41(21-26-11-8-15-36-20-26)22-27-12-6-7-13-30(27)35/h3-13,15,17-20,32H,14,16,21-22H2,1-2H3,(H,37,43). The minimum absolute atomic E-state index is 0.186. The largest absolute Gasteiger partial charge is 0.322 e. The lowest BCUT2D eigenvalue weighted by Crippen LogP contribution is -2.35. The van der Waals surface area contributed by atoms with E-state index in [9.17, 15) is 4.79 Å². The van der Waals surface area contributed by atoms with Gasteiger partial charge in [0.1, 0.15) is 6.04 Å². The second-order valence-corrected chi connectivity index (χ2v) is 11.2. The summed E-state index contributed by atoms with van der Waals surface area (Å²) in [6.07, 6.45) is 4.33. The second-order valence-electron chi connectivity index (χ2n) is 10.8. The topological polar surface area (TPSA) is 92.6 Å². The first-order chi connectivity index (χ1) is 21.0. The summed E-state index contributed by atoms with van der Waals surface area (Å²) in [5.41, 5.74) is 6.54. The van der Waals surface area contributed by atoms with Gasteiger partial charge in [-0.1, -0.05) is 66.2 Å². The summed E-state index contributed by atoms with van der Waals surface area (Å²) in [7, 11) is 0. The fourth-order valence-corrected chi connectivity index (χ4v) is 5.65. The number of rotatable bonds is 10. The van der Waals surface area contributed by atoms with Crippen LogP contribution in [0.5, 0.6) is 0 Å². The lowest BCUT2D eigenvalue weighted by atomic mass is 9.99. The van der Waals surface area contributed by atoms with E-state index in [-0.39, 0.29) is 5.56 Å². The van der Waals surface area contributed by atoms with Crippen LogP contribution in [0.4, 0.5) is 0 Å². The Bertz CT molecular complexity index is 1900. The molecule has 0 aliphatic heterocycles. The molecule has 0 bridgehead atoms. The van der Waals surface area contributed by atoms with Crippen molar-refractivity contribution in [3.05, 3.63) is 152 Å². The Morgan fingerprint density at radius 2 is 1.67 bits per heavy atom. The van der Waals surface area contributed by atoms with Crippen molar-refractivity contribution in [2.45, 2.75) is 45.9 Å². The van der Waals surface area contributed by atoms with E-state index in [1.54, 1.807) is 6.20 Å². The van der Waals surface area contributed by atoms with Crippen LogP contribution < -0.4 is 5.56 Å². The molecule has 0 aliphatic rings. The fraction of sp³-hybridized carbons (Fsp3) is 0.206. The number of pyridine rings is 2. The summed E-state index contributed by atoms with van der Waals surface area (Å²) in [5, 5.41) is 14.6. The molecular formula is C34H32ClN7O. The molecule has 43 heavy (non-hydrogen) atoms. The van der Waals surface area contributed by atoms with E-state index >= 15 is 0 Å². The normalized spacial score (nSPS) is 12.2. The zero-order valence-electron chi connectivity index (χ0n) is 24.1. The predicted molar refractivity (Wildman–Crippen MR) is 169 cm³/mol. The first-order valence-electron chi connectivity index (χ1n) is 14.3. The zero-order valence-corrected chi connectivity index (χ0v) is 24.9. The van der Waals surface area contributed by atoms with Crippen molar-refractivity contribution >= 4 is 22.5 Å². The number of hydrogen-bond acceptors (Lipinski definition) is 6. The highest BCUT2D eigenvalue weighted by atomic mass is 35.5. The van der Waals surface area contributed by atoms with Crippen LogP contribution in [0.2, 0.25) is 5.02 Å². The summed E-state index contributed by atoms with van der Waals surface area (Å²) < 4.78 is 1.81. The Hall–Kier alpha value is -4.66. The van der Waals surface area contributed by atoms with Crippen LogP contribution in [0.3, 0.4) is 0 Å². The molecule has 3 aromatic carbocycles. The summed E-state index contributed by atoms with van der Waals surface area (Å²) in [6, 6.07) is 27.5. The van der Waals surface area contributed by atoms with Gasteiger partial charge in [-0.3, -0.25) is 14.7 Å². The van der Waals surface area contributed by atoms with Crippen molar-refractivity contribution in [2.75, 3.05) is 0 Å². The number of aryl methyl sites for hydroxylation is 4. The van der Waals surface area contributed by atoms with Gasteiger partial charge in [-0.05, 0) is 94.2 Å². The first kappa shape index (κ1) is 28.5. The van der Waals surface area contributed by atoms with Crippen molar-refractivity contribution < 1.29 is 0 Å². The van der Waals surface area contributed by atoms with E-state index in [1.165, 1.54) is 5.56 Å². The summed E-state index contributed by atoms with van der Waals surface area (Å²) in [6.45, 7) is 5.62. The number of H-pyrrole nitrogens is 1. The number of aromatic nitrogens is 6. The second kappa shape index (κ2) is 12.7. The van der Waals surface area contributed by atoms with Crippen LogP contribution in [-0.2, 0) is 26.1 Å². The van der Waals surface area contributed by atoms with Crippen LogP contribution in [0.15, 0.2) is 102 Å². The molecule has 1 N–H and O–H groups in total. The molecule has 1 atom stereocenters. The van der Waals surface area contributed by atoms with Gasteiger partial charge in [0.25, 0.3) is 5.56 Å². The SMILES string of the molecule is Cc1cc2cc(C(c3nnnn3CCc3ccccc3)N(Cc3cccnc3)Cc3ccccc3Cl)c(=O)[nH]c2cc1C. The van der Waals surface area contributed by atoms with Gasteiger partial charge in [0, 0.05) is 48.1 Å². The number of benzene rings is 3. The van der Waals surface area contributed by atoms with E-state index in [0.717, 1.165) is 39.6 Å². The van der Waals surface area contributed by atoms with Crippen LogP contribution in [0.25, 0.3) is 10.9 Å². The third-order valence-corrected chi connectivity index (χ3v) is 8.21. The minimum atomic E-state index is -0.586. The van der Waals surface area contributed by atoms with Gasteiger partial charge in [-0.25, -0.2) is 4.68 Å². The molecule has 9 heteroatoms. The van der Waals surface area contributed by atoms with Gasteiger partial charge in [0.15, 0.2) is 5.82 Å². The highest BCUT2D eigenvalue weighted by molar-refractivity contribution is 6.31. The van der Waals surface area contributed by atoms with Gasteiger partial charge in [-0.15, -0.1) is 5.10 Å². The molecule has 0 saturated heterocycles. The zero-order chi connectivity index (χ0) is 29.8. The van der Waals surface area contributed by atoms with Gasteiger partial charge >= 0.3 is 0 Å². The van der Waals surface area contributed by atoms with E-state index in [1.807, 2.05) is 84.5 Å². The van der Waals surface area contributed by atoms with Crippen molar-refractivity contribution in [1.29, 1.82) is 0 Å². The Morgan fingerprint density at radius 3 is 2.47 bits per heavy atom. The summed E-state index contributed by atoms with van der Waals surface area (Å²) in [5.74, 6) is 0.584. The average Bonchev–Trinajstić information content (AvgIpc) is 3.48. The maximum Gasteiger partial charge on any atom is 0.253 e. The van der Waals surface area contributed by atoms with Gasteiger partial charge < -0.3 is 4.98 Å².